The predicted octanol–water partition coefficient (Wildman–Crippen LogP) is 3.05. The number of hydrogen-bond acceptors (Lipinski definition) is 4. The molecule has 0 aliphatic carbocycles. The number of nitrogens with one attached hydrogen (secondary N) is 1. The van der Waals surface area contributed by atoms with Crippen molar-refractivity contribution in [3.8, 4) is 17.1 Å². The molecular formula is C19H17NO5. The van der Waals surface area contributed by atoms with E-state index in [0.717, 1.165) is 23.3 Å². The number of hydrogen-bond donors (Lipinski definition) is 2. The van der Waals surface area contributed by atoms with E-state index in [4.69, 9.17) is 9.15 Å². The van der Waals surface area contributed by atoms with Crippen molar-refractivity contribution >= 4 is 16.9 Å². The molecule has 0 saturated heterocycles. The van der Waals surface area contributed by atoms with Crippen molar-refractivity contribution in [3.63, 3.8) is 0 Å². The Morgan fingerprint density at radius 1 is 1.36 bits per heavy atom. The van der Waals surface area contributed by atoms with Gasteiger partial charge in [0.1, 0.15) is 23.2 Å². The molecule has 128 valence electrons. The number of aromatic nitrogens is 1. The molecule has 0 bridgehead atoms. The monoisotopic (exact) mass is 339 g/mol. The zero-order valence-corrected chi connectivity index (χ0v) is 13.9. The number of H-pyrrole nitrogens is 1. The molecule has 2 aromatic heterocycles. The Morgan fingerprint density at radius 3 is 2.92 bits per heavy atom. The first-order valence-electron chi connectivity index (χ1n) is 8.09. The van der Waals surface area contributed by atoms with Crippen LogP contribution in [0.3, 0.4) is 0 Å². The van der Waals surface area contributed by atoms with Gasteiger partial charge in [-0.25, -0.2) is 0 Å². The fourth-order valence-electron chi connectivity index (χ4n) is 3.43. The fourth-order valence-corrected chi connectivity index (χ4v) is 3.43. The summed E-state index contributed by atoms with van der Waals surface area (Å²) >= 11 is 0. The number of pyridine rings is 1. The molecule has 4 rings (SSSR count). The van der Waals surface area contributed by atoms with E-state index in [9.17, 15) is 14.7 Å². The third-order valence-corrected chi connectivity index (χ3v) is 4.41. The summed E-state index contributed by atoms with van der Waals surface area (Å²) in [6, 6.07) is 7.36. The molecule has 0 fully saturated rings. The number of aliphatic carboxylic acids is 1. The molecule has 2 N–H and O–H groups in total. The van der Waals surface area contributed by atoms with Crippen molar-refractivity contribution < 1.29 is 19.1 Å². The average Bonchev–Trinajstić information content (AvgIpc) is 3.05. The lowest BCUT2D eigenvalue weighted by atomic mass is 10.0. The maximum Gasteiger partial charge on any atom is 0.307 e. The molecule has 3 aromatic rings. The number of aryl methyl sites for hydroxylation is 1. The second-order valence-corrected chi connectivity index (χ2v) is 6.46. The van der Waals surface area contributed by atoms with E-state index in [1.807, 2.05) is 25.1 Å². The first kappa shape index (κ1) is 15.5. The average molecular weight is 339 g/mol. The minimum atomic E-state index is -1.01. The van der Waals surface area contributed by atoms with Crippen molar-refractivity contribution in [1.29, 1.82) is 0 Å². The highest BCUT2D eigenvalue weighted by Gasteiger charge is 2.24. The number of ether oxygens (including phenoxy) is 1. The van der Waals surface area contributed by atoms with Gasteiger partial charge in [-0.3, -0.25) is 9.59 Å². The van der Waals surface area contributed by atoms with Crippen LogP contribution in [0.2, 0.25) is 0 Å². The highest BCUT2D eigenvalue weighted by atomic mass is 16.5. The Labute approximate surface area is 143 Å². The van der Waals surface area contributed by atoms with E-state index < -0.39 is 5.97 Å². The van der Waals surface area contributed by atoms with Crippen LogP contribution in [-0.2, 0) is 17.6 Å². The summed E-state index contributed by atoms with van der Waals surface area (Å²) in [5, 5.41) is 9.58. The van der Waals surface area contributed by atoms with Crippen LogP contribution in [0.1, 0.15) is 23.7 Å². The Bertz CT molecular complexity index is 1060. The van der Waals surface area contributed by atoms with Gasteiger partial charge in [-0.05, 0) is 37.6 Å². The van der Waals surface area contributed by atoms with Crippen LogP contribution in [0.5, 0.6) is 5.75 Å². The lowest BCUT2D eigenvalue weighted by Crippen LogP contribution is -2.10. The molecule has 1 aliphatic rings. The summed E-state index contributed by atoms with van der Waals surface area (Å²) in [7, 11) is 0. The standard InChI is InChI=1S/C19H17NO5/c1-9-5-15-17(19(23)20-9)13(8-16(21)22)18(25-15)11-3-4-14-12(7-11)6-10(2)24-14/h3-5,7,10H,6,8H2,1-2H3,(H,20,23)(H,21,22). The van der Waals surface area contributed by atoms with Gasteiger partial charge >= 0.3 is 5.97 Å². The van der Waals surface area contributed by atoms with E-state index >= 15 is 0 Å². The van der Waals surface area contributed by atoms with Crippen LogP contribution in [0, 0.1) is 6.92 Å². The number of carbonyl (C=O) groups is 1. The van der Waals surface area contributed by atoms with Gasteiger partial charge in [-0.15, -0.1) is 0 Å². The first-order chi connectivity index (χ1) is 11.9. The molecule has 25 heavy (non-hydrogen) atoms. The van der Waals surface area contributed by atoms with Crippen molar-refractivity contribution in [2.24, 2.45) is 0 Å². The summed E-state index contributed by atoms with van der Waals surface area (Å²) in [6.45, 7) is 3.76. The maximum atomic E-state index is 12.3. The summed E-state index contributed by atoms with van der Waals surface area (Å²) in [6.07, 6.45) is 0.625. The first-order valence-corrected chi connectivity index (χ1v) is 8.09. The van der Waals surface area contributed by atoms with Crippen LogP contribution in [-0.4, -0.2) is 22.2 Å². The predicted molar refractivity (Wildman–Crippen MR) is 92.1 cm³/mol. The quantitative estimate of drug-likeness (QED) is 0.765. The smallest absolute Gasteiger partial charge is 0.307 e. The second kappa shape index (κ2) is 5.51. The number of furan rings is 1. The molecule has 6 heteroatoms. The zero-order valence-electron chi connectivity index (χ0n) is 13.9. The topological polar surface area (TPSA) is 92.5 Å². The lowest BCUT2D eigenvalue weighted by Gasteiger charge is -2.04. The van der Waals surface area contributed by atoms with E-state index in [0.29, 0.717) is 28.0 Å². The third kappa shape index (κ3) is 2.59. The van der Waals surface area contributed by atoms with Crippen LogP contribution in [0.15, 0.2) is 33.5 Å². The largest absolute Gasteiger partial charge is 0.490 e. The van der Waals surface area contributed by atoms with Crippen LogP contribution in [0.4, 0.5) is 0 Å². The number of carboxylic acid groups (broad SMARTS) is 1. The van der Waals surface area contributed by atoms with Crippen molar-refractivity contribution in [2.75, 3.05) is 0 Å². The van der Waals surface area contributed by atoms with E-state index in [2.05, 4.69) is 4.98 Å². The molecule has 1 aromatic carbocycles. The highest BCUT2D eigenvalue weighted by Crippen LogP contribution is 2.37. The number of carboxylic acids is 1. The molecule has 3 heterocycles. The Balaban J connectivity index is 1.95. The van der Waals surface area contributed by atoms with Crippen LogP contribution in [0.25, 0.3) is 22.3 Å². The van der Waals surface area contributed by atoms with Gasteiger partial charge < -0.3 is 19.2 Å². The molecule has 1 atom stereocenters. The van der Waals surface area contributed by atoms with Gasteiger partial charge in [0.25, 0.3) is 5.56 Å². The van der Waals surface area contributed by atoms with Gasteiger partial charge in [-0.2, -0.15) is 0 Å². The van der Waals surface area contributed by atoms with Crippen molar-refractivity contribution in [1.82, 2.24) is 4.98 Å². The number of aromatic amines is 1. The summed E-state index contributed by atoms with van der Waals surface area (Å²) in [4.78, 5) is 26.4. The molecular weight excluding hydrogens is 322 g/mol. The Morgan fingerprint density at radius 2 is 2.16 bits per heavy atom. The second-order valence-electron chi connectivity index (χ2n) is 6.46. The van der Waals surface area contributed by atoms with Crippen molar-refractivity contribution in [2.45, 2.75) is 32.8 Å². The van der Waals surface area contributed by atoms with E-state index in [1.54, 1.807) is 13.0 Å². The lowest BCUT2D eigenvalue weighted by molar-refractivity contribution is -0.136. The van der Waals surface area contributed by atoms with Gasteiger partial charge in [0, 0.05) is 29.3 Å². The molecule has 0 radical (unpaired) electrons. The minimum absolute atomic E-state index is 0.116. The zero-order chi connectivity index (χ0) is 17.7. The summed E-state index contributed by atoms with van der Waals surface area (Å²) < 4.78 is 11.6. The summed E-state index contributed by atoms with van der Waals surface area (Å²) in [5.74, 6) is 0.249. The maximum absolute atomic E-state index is 12.3. The highest BCUT2D eigenvalue weighted by molar-refractivity contribution is 5.91. The van der Waals surface area contributed by atoms with Gasteiger partial charge in [0.15, 0.2) is 0 Å². The van der Waals surface area contributed by atoms with E-state index in [1.165, 1.54) is 0 Å². The SMILES string of the molecule is Cc1cc2oc(-c3ccc4c(c3)CC(C)O4)c(CC(=O)O)c2c(=O)[nH]1. The van der Waals surface area contributed by atoms with Gasteiger partial charge in [-0.1, -0.05) is 0 Å². The number of rotatable bonds is 3. The molecule has 6 nitrogen and oxygen atoms in total. The molecule has 1 aliphatic heterocycles. The van der Waals surface area contributed by atoms with Crippen LogP contribution >= 0.6 is 0 Å². The Kier molecular flexibility index (Phi) is 3.42. The van der Waals surface area contributed by atoms with Gasteiger partial charge in [0.2, 0.25) is 0 Å². The molecule has 0 saturated carbocycles. The molecule has 0 spiro atoms. The molecule has 0 amide bonds. The van der Waals surface area contributed by atoms with Crippen LogP contribution < -0.4 is 10.3 Å². The minimum Gasteiger partial charge on any atom is -0.490 e. The Hall–Kier alpha value is -3.02. The van der Waals surface area contributed by atoms with E-state index in [-0.39, 0.29) is 18.1 Å². The molecule has 1 unspecified atom stereocenters. The number of benzene rings is 1. The third-order valence-electron chi connectivity index (χ3n) is 4.41. The normalized spacial score (nSPS) is 16.0. The van der Waals surface area contributed by atoms with Gasteiger partial charge in [0.05, 0.1) is 11.8 Å². The fraction of sp³-hybridized carbons (Fsp3) is 0.263. The van der Waals surface area contributed by atoms with Crippen molar-refractivity contribution in [3.05, 3.63) is 51.4 Å². The number of fused-ring (bicyclic) bond motifs is 2. The summed E-state index contributed by atoms with van der Waals surface area (Å²) in [5.41, 5.74) is 2.93.